The van der Waals surface area contributed by atoms with E-state index in [-0.39, 0.29) is 17.6 Å². The first kappa shape index (κ1) is 12.2. The van der Waals surface area contributed by atoms with Crippen LogP contribution in [0, 0.1) is 5.92 Å². The Balaban J connectivity index is 2.95. The molecule has 0 radical (unpaired) electrons. The maximum Gasteiger partial charge on any atom is 0.209 e. The molecule has 4 heteroatoms. The van der Waals surface area contributed by atoms with Crippen molar-refractivity contribution in [3.63, 3.8) is 0 Å². The number of nitrogens with two attached hydrogens (primary N) is 1. The van der Waals surface area contributed by atoms with Gasteiger partial charge in [-0.15, -0.1) is 0 Å². The van der Waals surface area contributed by atoms with Crippen LogP contribution in [-0.2, 0) is 10.0 Å². The van der Waals surface area contributed by atoms with Gasteiger partial charge in [0.05, 0.1) is 5.75 Å². The quantitative estimate of drug-likeness (QED) is 0.851. The lowest BCUT2D eigenvalue weighted by atomic mass is 9.90. The lowest BCUT2D eigenvalue weighted by Crippen LogP contribution is -2.24. The van der Waals surface area contributed by atoms with Crippen LogP contribution < -0.4 is 5.14 Å². The van der Waals surface area contributed by atoms with E-state index in [1.807, 2.05) is 44.2 Å². The second-order valence-electron chi connectivity index (χ2n) is 4.09. The Bertz CT molecular complexity index is 398. The molecule has 0 fully saturated rings. The molecule has 1 aromatic carbocycles. The zero-order valence-corrected chi connectivity index (χ0v) is 9.87. The lowest BCUT2D eigenvalue weighted by molar-refractivity contribution is 0.521. The summed E-state index contributed by atoms with van der Waals surface area (Å²) >= 11 is 0. The maximum absolute atomic E-state index is 11.1. The molecule has 0 saturated carbocycles. The molecule has 1 atom stereocenters. The lowest BCUT2D eigenvalue weighted by Gasteiger charge is -2.19. The molecule has 0 bridgehead atoms. The molecule has 0 heterocycles. The summed E-state index contributed by atoms with van der Waals surface area (Å²) < 4.78 is 22.2. The second kappa shape index (κ2) is 4.77. The summed E-state index contributed by atoms with van der Waals surface area (Å²) in [4.78, 5) is 0. The van der Waals surface area contributed by atoms with Crippen molar-refractivity contribution in [1.29, 1.82) is 0 Å². The van der Waals surface area contributed by atoms with Crippen LogP contribution in [-0.4, -0.2) is 14.2 Å². The van der Waals surface area contributed by atoms with Gasteiger partial charge in [-0.1, -0.05) is 44.2 Å². The smallest absolute Gasteiger partial charge is 0.209 e. The minimum absolute atomic E-state index is 0.00861. The van der Waals surface area contributed by atoms with E-state index in [2.05, 4.69) is 0 Å². The molecule has 2 N–H and O–H groups in total. The first-order valence-corrected chi connectivity index (χ1v) is 6.67. The van der Waals surface area contributed by atoms with Gasteiger partial charge in [0.1, 0.15) is 0 Å². The summed E-state index contributed by atoms with van der Waals surface area (Å²) in [5.74, 6) is 0.237. The number of rotatable bonds is 4. The Kier molecular flexibility index (Phi) is 3.88. The van der Waals surface area contributed by atoms with E-state index in [1.165, 1.54) is 0 Å². The summed E-state index contributed by atoms with van der Waals surface area (Å²) in [6.07, 6.45) is 0. The molecule has 0 aliphatic heterocycles. The highest BCUT2D eigenvalue weighted by Gasteiger charge is 2.20. The number of primary sulfonamides is 1. The minimum Gasteiger partial charge on any atom is -0.229 e. The van der Waals surface area contributed by atoms with E-state index in [0.29, 0.717) is 0 Å². The zero-order chi connectivity index (χ0) is 11.5. The minimum atomic E-state index is -3.42. The Morgan fingerprint density at radius 1 is 1.20 bits per heavy atom. The van der Waals surface area contributed by atoms with Crippen molar-refractivity contribution >= 4 is 10.0 Å². The predicted molar refractivity (Wildman–Crippen MR) is 62.0 cm³/mol. The van der Waals surface area contributed by atoms with Crippen molar-refractivity contribution in [1.82, 2.24) is 0 Å². The predicted octanol–water partition coefficient (Wildman–Crippen LogP) is 1.71. The molecule has 1 rings (SSSR count). The van der Waals surface area contributed by atoms with Gasteiger partial charge in [0, 0.05) is 5.92 Å². The number of sulfonamides is 1. The first-order valence-electron chi connectivity index (χ1n) is 4.95. The van der Waals surface area contributed by atoms with Crippen LogP contribution in [0.1, 0.15) is 25.3 Å². The number of benzene rings is 1. The SMILES string of the molecule is CC(C)C(CS(N)(=O)=O)c1ccccc1. The van der Waals surface area contributed by atoms with E-state index in [1.54, 1.807) is 0 Å². The zero-order valence-electron chi connectivity index (χ0n) is 9.05. The fourth-order valence-corrected chi connectivity index (χ4v) is 2.70. The van der Waals surface area contributed by atoms with Crippen molar-refractivity contribution in [3.8, 4) is 0 Å². The Morgan fingerprint density at radius 3 is 2.13 bits per heavy atom. The van der Waals surface area contributed by atoms with Gasteiger partial charge in [0.2, 0.25) is 10.0 Å². The number of hydrogen-bond acceptors (Lipinski definition) is 2. The van der Waals surface area contributed by atoms with Crippen LogP contribution in [0.5, 0.6) is 0 Å². The highest BCUT2D eigenvalue weighted by Crippen LogP contribution is 2.25. The number of hydrogen-bond donors (Lipinski definition) is 1. The molecule has 3 nitrogen and oxygen atoms in total. The standard InChI is InChI=1S/C11H17NO2S/c1-9(2)11(8-15(12,13)14)10-6-4-3-5-7-10/h3-7,9,11H,8H2,1-2H3,(H2,12,13,14). The van der Waals surface area contributed by atoms with Crippen LogP contribution in [0.3, 0.4) is 0 Å². The molecule has 1 unspecified atom stereocenters. The average molecular weight is 227 g/mol. The molecular weight excluding hydrogens is 210 g/mol. The van der Waals surface area contributed by atoms with Crippen LogP contribution in [0.2, 0.25) is 0 Å². The van der Waals surface area contributed by atoms with E-state index in [9.17, 15) is 8.42 Å². The average Bonchev–Trinajstić information content (AvgIpc) is 2.14. The van der Waals surface area contributed by atoms with Gasteiger partial charge in [-0.3, -0.25) is 0 Å². The molecule has 84 valence electrons. The van der Waals surface area contributed by atoms with E-state index in [4.69, 9.17) is 5.14 Å². The molecule has 0 aliphatic carbocycles. The molecule has 15 heavy (non-hydrogen) atoms. The molecule has 0 amide bonds. The van der Waals surface area contributed by atoms with E-state index in [0.717, 1.165) is 5.56 Å². The van der Waals surface area contributed by atoms with Crippen molar-refractivity contribution in [2.75, 3.05) is 5.75 Å². The van der Waals surface area contributed by atoms with Crippen molar-refractivity contribution < 1.29 is 8.42 Å². The van der Waals surface area contributed by atoms with Gasteiger partial charge in [-0.2, -0.15) is 0 Å². The second-order valence-corrected chi connectivity index (χ2v) is 5.75. The molecule has 0 aromatic heterocycles. The Hall–Kier alpha value is -0.870. The van der Waals surface area contributed by atoms with Crippen LogP contribution in [0.25, 0.3) is 0 Å². The Morgan fingerprint density at radius 2 is 1.73 bits per heavy atom. The van der Waals surface area contributed by atoms with Crippen molar-refractivity contribution in [2.24, 2.45) is 11.1 Å². The summed E-state index contributed by atoms with van der Waals surface area (Å²) in [6, 6.07) is 9.62. The molecule has 0 saturated heterocycles. The fraction of sp³-hybridized carbons (Fsp3) is 0.455. The summed E-state index contributed by atoms with van der Waals surface area (Å²) in [5.41, 5.74) is 1.03. The van der Waals surface area contributed by atoms with Crippen molar-refractivity contribution in [2.45, 2.75) is 19.8 Å². The monoisotopic (exact) mass is 227 g/mol. The maximum atomic E-state index is 11.1. The van der Waals surface area contributed by atoms with Gasteiger partial charge < -0.3 is 0 Å². The van der Waals surface area contributed by atoms with Crippen LogP contribution in [0.15, 0.2) is 30.3 Å². The summed E-state index contributed by atoms with van der Waals surface area (Å²) in [6.45, 7) is 4.01. The largest absolute Gasteiger partial charge is 0.229 e. The molecule has 0 aliphatic rings. The highest BCUT2D eigenvalue weighted by atomic mass is 32.2. The van der Waals surface area contributed by atoms with Crippen LogP contribution >= 0.6 is 0 Å². The van der Waals surface area contributed by atoms with Gasteiger partial charge in [-0.25, -0.2) is 13.6 Å². The van der Waals surface area contributed by atoms with Crippen LogP contribution in [0.4, 0.5) is 0 Å². The van der Waals surface area contributed by atoms with Crippen molar-refractivity contribution in [3.05, 3.63) is 35.9 Å². The summed E-state index contributed by atoms with van der Waals surface area (Å²) in [7, 11) is -3.42. The summed E-state index contributed by atoms with van der Waals surface area (Å²) in [5, 5.41) is 5.08. The van der Waals surface area contributed by atoms with Gasteiger partial charge >= 0.3 is 0 Å². The normalized spacial score (nSPS) is 14.1. The topological polar surface area (TPSA) is 60.2 Å². The molecular formula is C11H17NO2S. The Labute approximate surface area is 91.4 Å². The third-order valence-electron chi connectivity index (χ3n) is 2.44. The van der Waals surface area contributed by atoms with E-state index < -0.39 is 10.0 Å². The first-order chi connectivity index (χ1) is 6.90. The third-order valence-corrected chi connectivity index (χ3v) is 3.27. The van der Waals surface area contributed by atoms with Gasteiger partial charge in [0.25, 0.3) is 0 Å². The highest BCUT2D eigenvalue weighted by molar-refractivity contribution is 7.89. The van der Waals surface area contributed by atoms with Gasteiger partial charge in [0.15, 0.2) is 0 Å². The molecule has 0 spiro atoms. The fourth-order valence-electron chi connectivity index (χ4n) is 1.62. The van der Waals surface area contributed by atoms with E-state index >= 15 is 0 Å². The van der Waals surface area contributed by atoms with Gasteiger partial charge in [-0.05, 0) is 11.5 Å². The third kappa shape index (κ3) is 4.01. The molecule has 1 aromatic rings.